The van der Waals surface area contributed by atoms with Crippen molar-refractivity contribution < 1.29 is 4.92 Å². The summed E-state index contributed by atoms with van der Waals surface area (Å²) in [7, 11) is 0. The molecule has 0 saturated heterocycles. The maximum Gasteiger partial charge on any atom is 0.368 e. The Labute approximate surface area is 95.2 Å². The zero-order valence-corrected chi connectivity index (χ0v) is 8.98. The Morgan fingerprint density at radius 2 is 2.06 bits per heavy atom. The van der Waals surface area contributed by atoms with Crippen molar-refractivity contribution in [3.05, 3.63) is 44.9 Å². The quantitative estimate of drug-likeness (QED) is 0.565. The van der Waals surface area contributed by atoms with E-state index in [-0.39, 0.29) is 11.4 Å². The minimum Gasteiger partial charge on any atom is -0.258 e. The van der Waals surface area contributed by atoms with E-state index in [0.717, 1.165) is 9.36 Å². The molecule has 8 nitrogen and oxygen atoms in total. The summed E-state index contributed by atoms with van der Waals surface area (Å²) in [5.41, 5.74) is -0.568. The highest BCUT2D eigenvalue weighted by Gasteiger charge is 2.18. The summed E-state index contributed by atoms with van der Waals surface area (Å²) in [4.78, 5) is 22.0. The maximum atomic E-state index is 11.8. The minimum atomic E-state index is -0.563. The van der Waals surface area contributed by atoms with Gasteiger partial charge in [0.05, 0.1) is 4.92 Å². The first-order valence-electron chi connectivity index (χ1n) is 4.91. The number of rotatable bonds is 3. The lowest BCUT2D eigenvalue weighted by atomic mass is 10.3. The number of aryl methyl sites for hydroxylation is 1. The number of nitrogens with zero attached hydrogens (tertiary/aromatic N) is 5. The van der Waals surface area contributed by atoms with Crippen LogP contribution in [0.25, 0.3) is 5.69 Å². The van der Waals surface area contributed by atoms with E-state index in [0.29, 0.717) is 6.54 Å². The molecule has 0 N–H and O–H groups in total. The molecule has 8 heteroatoms. The molecule has 0 amide bonds. The Bertz CT molecular complexity index is 615. The van der Waals surface area contributed by atoms with Crippen LogP contribution < -0.4 is 5.69 Å². The van der Waals surface area contributed by atoms with Gasteiger partial charge in [0.1, 0.15) is 5.69 Å². The summed E-state index contributed by atoms with van der Waals surface area (Å²) in [6.07, 6.45) is 0. The van der Waals surface area contributed by atoms with E-state index in [9.17, 15) is 14.9 Å². The first-order valence-corrected chi connectivity index (χ1v) is 4.91. The number of hydrogen-bond donors (Lipinski definition) is 0. The first kappa shape index (κ1) is 11.0. The summed E-state index contributed by atoms with van der Waals surface area (Å²) in [6.45, 7) is 2.10. The minimum absolute atomic E-state index is 0.113. The van der Waals surface area contributed by atoms with Crippen molar-refractivity contribution >= 4 is 5.69 Å². The number of benzene rings is 1. The number of hydrogen-bond acceptors (Lipinski definition) is 5. The molecule has 0 fully saturated rings. The van der Waals surface area contributed by atoms with Crippen LogP contribution in [-0.4, -0.2) is 24.7 Å². The van der Waals surface area contributed by atoms with Crippen molar-refractivity contribution in [1.29, 1.82) is 0 Å². The molecule has 0 aliphatic rings. The third kappa shape index (κ3) is 1.80. The second-order valence-electron chi connectivity index (χ2n) is 3.23. The van der Waals surface area contributed by atoms with Crippen LogP contribution in [-0.2, 0) is 6.54 Å². The highest BCUT2D eigenvalue weighted by atomic mass is 16.6. The molecule has 2 aromatic rings. The normalized spacial score (nSPS) is 10.4. The van der Waals surface area contributed by atoms with E-state index in [1.54, 1.807) is 13.0 Å². The van der Waals surface area contributed by atoms with Crippen LogP contribution >= 0.6 is 0 Å². The van der Waals surface area contributed by atoms with Gasteiger partial charge in [0.25, 0.3) is 5.69 Å². The van der Waals surface area contributed by atoms with Gasteiger partial charge in [0.15, 0.2) is 0 Å². The van der Waals surface area contributed by atoms with Crippen molar-refractivity contribution in [3.8, 4) is 5.69 Å². The SMILES string of the molecule is CCn1nnn(-c2ccccc2[N+](=O)[O-])c1=O. The van der Waals surface area contributed by atoms with Gasteiger partial charge in [-0.05, 0) is 23.4 Å². The molecule has 17 heavy (non-hydrogen) atoms. The van der Waals surface area contributed by atoms with Crippen LogP contribution in [0.2, 0.25) is 0 Å². The van der Waals surface area contributed by atoms with Crippen LogP contribution in [0.1, 0.15) is 6.92 Å². The Morgan fingerprint density at radius 1 is 1.35 bits per heavy atom. The van der Waals surface area contributed by atoms with Gasteiger partial charge in [0, 0.05) is 12.6 Å². The molecule has 1 aromatic carbocycles. The zero-order valence-electron chi connectivity index (χ0n) is 8.98. The molecule has 0 bridgehead atoms. The Morgan fingerprint density at radius 3 is 2.65 bits per heavy atom. The summed E-state index contributed by atoms with van der Waals surface area (Å²) in [5.74, 6) is 0. The summed E-state index contributed by atoms with van der Waals surface area (Å²) >= 11 is 0. The second-order valence-corrected chi connectivity index (χ2v) is 3.23. The fourth-order valence-corrected chi connectivity index (χ4v) is 1.42. The largest absolute Gasteiger partial charge is 0.368 e. The molecule has 0 spiro atoms. The van der Waals surface area contributed by atoms with Crippen molar-refractivity contribution in [3.63, 3.8) is 0 Å². The van der Waals surface area contributed by atoms with E-state index < -0.39 is 10.6 Å². The number of nitro groups is 1. The van der Waals surface area contributed by atoms with E-state index in [4.69, 9.17) is 0 Å². The van der Waals surface area contributed by atoms with E-state index in [1.165, 1.54) is 18.2 Å². The molecule has 1 aromatic heterocycles. The highest BCUT2D eigenvalue weighted by Crippen LogP contribution is 2.19. The van der Waals surface area contributed by atoms with E-state index in [1.807, 2.05) is 0 Å². The lowest BCUT2D eigenvalue weighted by molar-refractivity contribution is -0.384. The predicted molar refractivity (Wildman–Crippen MR) is 57.9 cm³/mol. The Kier molecular flexibility index (Phi) is 2.69. The summed E-state index contributed by atoms with van der Waals surface area (Å²) in [5, 5.41) is 18.0. The molecular weight excluding hydrogens is 226 g/mol. The van der Waals surface area contributed by atoms with Gasteiger partial charge in [-0.3, -0.25) is 10.1 Å². The summed E-state index contributed by atoms with van der Waals surface area (Å²) in [6, 6.07) is 5.89. The molecule has 1 heterocycles. The number of nitro benzene ring substituents is 1. The van der Waals surface area contributed by atoms with Crippen molar-refractivity contribution in [1.82, 2.24) is 19.8 Å². The van der Waals surface area contributed by atoms with Crippen molar-refractivity contribution in [2.24, 2.45) is 0 Å². The fraction of sp³-hybridized carbons (Fsp3) is 0.222. The number of aromatic nitrogens is 4. The Balaban J connectivity index is 2.64. The molecule has 0 aliphatic carbocycles. The van der Waals surface area contributed by atoms with Crippen LogP contribution in [0.5, 0.6) is 0 Å². The molecule has 88 valence electrons. The zero-order chi connectivity index (χ0) is 12.4. The fourth-order valence-electron chi connectivity index (χ4n) is 1.42. The van der Waals surface area contributed by atoms with E-state index in [2.05, 4.69) is 10.4 Å². The molecule has 0 unspecified atom stereocenters. The van der Waals surface area contributed by atoms with Gasteiger partial charge < -0.3 is 0 Å². The highest BCUT2D eigenvalue weighted by molar-refractivity contribution is 5.50. The first-order chi connectivity index (χ1) is 8.15. The molecule has 0 saturated carbocycles. The lowest BCUT2D eigenvalue weighted by Crippen LogP contribution is -2.24. The standard InChI is InChI=1S/C9H9N5O3/c1-2-12-9(15)13(11-10-12)7-5-3-4-6-8(7)14(16)17/h3-6H,2H2,1H3. The molecule has 0 atom stereocenters. The van der Waals surface area contributed by atoms with Crippen LogP contribution in [0.15, 0.2) is 29.1 Å². The molecular formula is C9H9N5O3. The topological polar surface area (TPSA) is 95.8 Å². The van der Waals surface area contributed by atoms with Gasteiger partial charge in [-0.15, -0.1) is 0 Å². The van der Waals surface area contributed by atoms with Crippen molar-refractivity contribution in [2.75, 3.05) is 0 Å². The van der Waals surface area contributed by atoms with Gasteiger partial charge in [-0.2, -0.15) is 9.36 Å². The van der Waals surface area contributed by atoms with Crippen LogP contribution in [0.4, 0.5) is 5.69 Å². The smallest absolute Gasteiger partial charge is 0.258 e. The summed E-state index contributed by atoms with van der Waals surface area (Å²) < 4.78 is 2.04. The van der Waals surface area contributed by atoms with Crippen LogP contribution in [0, 0.1) is 10.1 Å². The molecule has 0 radical (unpaired) electrons. The molecule has 0 aliphatic heterocycles. The second kappa shape index (κ2) is 4.16. The Hall–Kier alpha value is -2.51. The lowest BCUT2D eigenvalue weighted by Gasteiger charge is -1.99. The average molecular weight is 235 g/mol. The number of tetrazole rings is 1. The average Bonchev–Trinajstić information content (AvgIpc) is 2.70. The van der Waals surface area contributed by atoms with Gasteiger partial charge in [-0.25, -0.2) is 4.79 Å². The van der Waals surface area contributed by atoms with E-state index >= 15 is 0 Å². The van der Waals surface area contributed by atoms with Crippen LogP contribution in [0.3, 0.4) is 0 Å². The predicted octanol–water partition coefficient (Wildman–Crippen LogP) is 0.357. The maximum absolute atomic E-state index is 11.8. The van der Waals surface area contributed by atoms with Gasteiger partial charge >= 0.3 is 5.69 Å². The molecule has 2 rings (SSSR count). The third-order valence-electron chi connectivity index (χ3n) is 2.25. The third-order valence-corrected chi connectivity index (χ3v) is 2.25. The van der Waals surface area contributed by atoms with Gasteiger partial charge in [0.2, 0.25) is 0 Å². The van der Waals surface area contributed by atoms with Gasteiger partial charge in [-0.1, -0.05) is 12.1 Å². The van der Waals surface area contributed by atoms with Crippen molar-refractivity contribution in [2.45, 2.75) is 13.5 Å². The number of para-hydroxylation sites is 2. The monoisotopic (exact) mass is 235 g/mol.